The molecule has 0 saturated heterocycles. The number of H-pyrrole nitrogens is 1. The molecule has 2 rings (SSSR count). The second-order valence-electron chi connectivity index (χ2n) is 3.96. The van der Waals surface area contributed by atoms with Gasteiger partial charge in [0.2, 0.25) is 11.1 Å². The molecule has 0 aliphatic carbocycles. The van der Waals surface area contributed by atoms with Gasteiger partial charge >= 0.3 is 0 Å². The monoisotopic (exact) mass is 280 g/mol. The molecular formula is C12H16N4O2S. The number of aromatic nitrogens is 3. The van der Waals surface area contributed by atoms with E-state index >= 15 is 0 Å². The fourth-order valence-corrected chi connectivity index (χ4v) is 2.12. The van der Waals surface area contributed by atoms with Gasteiger partial charge in [0.15, 0.2) is 0 Å². The van der Waals surface area contributed by atoms with Crippen molar-refractivity contribution in [3.63, 3.8) is 0 Å². The van der Waals surface area contributed by atoms with E-state index in [2.05, 4.69) is 27.4 Å². The Labute approximate surface area is 115 Å². The summed E-state index contributed by atoms with van der Waals surface area (Å²) in [6, 6.07) is 3.61. The van der Waals surface area contributed by atoms with E-state index < -0.39 is 0 Å². The molecule has 2 N–H and O–H groups in total. The van der Waals surface area contributed by atoms with Gasteiger partial charge < -0.3 is 9.73 Å². The predicted molar refractivity (Wildman–Crippen MR) is 71.7 cm³/mol. The first-order valence-corrected chi connectivity index (χ1v) is 7.09. The van der Waals surface area contributed by atoms with Crippen molar-refractivity contribution < 1.29 is 9.21 Å². The Morgan fingerprint density at radius 2 is 2.47 bits per heavy atom. The van der Waals surface area contributed by atoms with Crippen LogP contribution in [0.15, 0.2) is 28.0 Å². The zero-order valence-corrected chi connectivity index (χ0v) is 11.5. The maximum absolute atomic E-state index is 11.6. The Morgan fingerprint density at radius 3 is 3.21 bits per heavy atom. The van der Waals surface area contributed by atoms with Gasteiger partial charge in [0.1, 0.15) is 11.6 Å². The van der Waals surface area contributed by atoms with E-state index in [4.69, 9.17) is 4.42 Å². The molecule has 0 radical (unpaired) electrons. The number of aryl methyl sites for hydroxylation is 1. The molecule has 0 bridgehead atoms. The van der Waals surface area contributed by atoms with Crippen molar-refractivity contribution >= 4 is 17.7 Å². The van der Waals surface area contributed by atoms with Crippen LogP contribution in [0.25, 0.3) is 0 Å². The summed E-state index contributed by atoms with van der Waals surface area (Å²) in [5.74, 6) is 1.83. The average Bonchev–Trinajstić information content (AvgIpc) is 3.05. The third kappa shape index (κ3) is 4.44. The standard InChI is InChI=1S/C12H16N4O2S/c1-2-4-10-14-12(16-15-10)19-8-11(17)13-7-9-5-3-6-18-9/h3,5-6H,2,4,7-8H2,1H3,(H,13,17)(H,14,15,16). The molecule has 0 unspecified atom stereocenters. The van der Waals surface area contributed by atoms with E-state index in [9.17, 15) is 4.79 Å². The lowest BCUT2D eigenvalue weighted by atomic mass is 10.3. The van der Waals surface area contributed by atoms with E-state index in [-0.39, 0.29) is 5.91 Å². The highest BCUT2D eigenvalue weighted by Gasteiger charge is 2.07. The predicted octanol–water partition coefficient (Wildman–Crippen LogP) is 1.76. The van der Waals surface area contributed by atoms with Crippen LogP contribution in [-0.2, 0) is 17.8 Å². The number of rotatable bonds is 7. The Balaban J connectivity index is 1.70. The van der Waals surface area contributed by atoms with Gasteiger partial charge in [-0.05, 0) is 18.6 Å². The van der Waals surface area contributed by atoms with Gasteiger partial charge in [-0.1, -0.05) is 18.7 Å². The summed E-state index contributed by atoms with van der Waals surface area (Å²) in [6.45, 7) is 2.49. The Bertz CT molecular complexity index is 510. The molecule has 2 heterocycles. The second kappa shape index (κ2) is 6.98. The molecule has 102 valence electrons. The zero-order chi connectivity index (χ0) is 13.5. The van der Waals surface area contributed by atoms with Crippen LogP contribution in [0.4, 0.5) is 0 Å². The number of hydrogen-bond acceptors (Lipinski definition) is 5. The summed E-state index contributed by atoms with van der Waals surface area (Å²) >= 11 is 1.32. The van der Waals surface area contributed by atoms with Gasteiger partial charge in [-0.2, -0.15) is 0 Å². The van der Waals surface area contributed by atoms with Gasteiger partial charge in [0.05, 0.1) is 18.6 Å². The number of furan rings is 1. The summed E-state index contributed by atoms with van der Waals surface area (Å²) in [7, 11) is 0. The molecule has 1 amide bonds. The van der Waals surface area contributed by atoms with Crippen molar-refractivity contribution in [2.45, 2.75) is 31.5 Å². The topological polar surface area (TPSA) is 83.8 Å². The number of nitrogens with zero attached hydrogens (tertiary/aromatic N) is 2. The first-order chi connectivity index (χ1) is 9.28. The summed E-state index contributed by atoms with van der Waals surface area (Å²) < 4.78 is 5.13. The second-order valence-corrected chi connectivity index (χ2v) is 4.90. The molecule has 0 atom stereocenters. The Kier molecular flexibility index (Phi) is 5.02. The van der Waals surface area contributed by atoms with E-state index in [0.29, 0.717) is 17.5 Å². The van der Waals surface area contributed by atoms with Crippen LogP contribution in [-0.4, -0.2) is 26.8 Å². The van der Waals surface area contributed by atoms with E-state index in [1.54, 1.807) is 12.3 Å². The highest BCUT2D eigenvalue weighted by atomic mass is 32.2. The molecule has 2 aromatic rings. The highest BCUT2D eigenvalue weighted by molar-refractivity contribution is 7.99. The quantitative estimate of drug-likeness (QED) is 0.755. The minimum Gasteiger partial charge on any atom is -0.467 e. The Hall–Kier alpha value is -1.76. The zero-order valence-electron chi connectivity index (χ0n) is 10.7. The molecule has 2 aromatic heterocycles. The first kappa shape index (κ1) is 13.7. The van der Waals surface area contributed by atoms with Crippen molar-refractivity contribution in [3.05, 3.63) is 30.0 Å². The normalized spacial score (nSPS) is 10.6. The molecule has 19 heavy (non-hydrogen) atoms. The van der Waals surface area contributed by atoms with Crippen molar-refractivity contribution in [1.82, 2.24) is 20.5 Å². The Morgan fingerprint density at radius 1 is 1.58 bits per heavy atom. The van der Waals surface area contributed by atoms with Gasteiger partial charge in [-0.15, -0.1) is 5.10 Å². The largest absolute Gasteiger partial charge is 0.467 e. The highest BCUT2D eigenvalue weighted by Crippen LogP contribution is 2.12. The van der Waals surface area contributed by atoms with Crippen LogP contribution in [0.3, 0.4) is 0 Å². The lowest BCUT2D eigenvalue weighted by Gasteiger charge is -2.01. The number of carbonyl (C=O) groups is 1. The number of carbonyl (C=O) groups excluding carboxylic acids is 1. The van der Waals surface area contributed by atoms with E-state index in [0.717, 1.165) is 24.4 Å². The summed E-state index contributed by atoms with van der Waals surface area (Å²) in [6.07, 6.45) is 3.47. The van der Waals surface area contributed by atoms with Crippen LogP contribution < -0.4 is 5.32 Å². The van der Waals surface area contributed by atoms with Crippen LogP contribution in [0.2, 0.25) is 0 Å². The fraction of sp³-hybridized carbons (Fsp3) is 0.417. The van der Waals surface area contributed by atoms with Gasteiger partial charge in [-0.3, -0.25) is 9.89 Å². The SMILES string of the molecule is CCCc1nc(SCC(=O)NCc2ccco2)n[nH]1. The summed E-state index contributed by atoms with van der Waals surface area (Å²) in [4.78, 5) is 15.9. The van der Waals surface area contributed by atoms with Crippen LogP contribution in [0, 0.1) is 0 Å². The molecule has 0 spiro atoms. The smallest absolute Gasteiger partial charge is 0.230 e. The minimum atomic E-state index is -0.0664. The third-order valence-electron chi connectivity index (χ3n) is 2.37. The van der Waals surface area contributed by atoms with Crippen molar-refractivity contribution in [2.24, 2.45) is 0 Å². The summed E-state index contributed by atoms with van der Waals surface area (Å²) in [5, 5.41) is 10.3. The molecule has 0 fully saturated rings. The molecule has 0 saturated carbocycles. The molecule has 0 aliphatic rings. The van der Waals surface area contributed by atoms with E-state index in [1.807, 2.05) is 6.07 Å². The number of thioether (sulfide) groups is 1. The van der Waals surface area contributed by atoms with Crippen molar-refractivity contribution in [3.8, 4) is 0 Å². The summed E-state index contributed by atoms with van der Waals surface area (Å²) in [5.41, 5.74) is 0. The van der Waals surface area contributed by atoms with Gasteiger partial charge in [0, 0.05) is 6.42 Å². The van der Waals surface area contributed by atoms with Crippen LogP contribution in [0.5, 0.6) is 0 Å². The molecule has 7 heteroatoms. The number of amides is 1. The van der Waals surface area contributed by atoms with Gasteiger partial charge in [-0.25, -0.2) is 4.98 Å². The average molecular weight is 280 g/mol. The number of nitrogens with one attached hydrogen (secondary N) is 2. The maximum atomic E-state index is 11.6. The molecule has 0 aliphatic heterocycles. The molecule has 6 nitrogen and oxygen atoms in total. The molecular weight excluding hydrogens is 264 g/mol. The molecule has 0 aromatic carbocycles. The number of hydrogen-bond donors (Lipinski definition) is 2. The van der Waals surface area contributed by atoms with E-state index in [1.165, 1.54) is 11.8 Å². The number of aromatic amines is 1. The van der Waals surface area contributed by atoms with Gasteiger partial charge in [0.25, 0.3) is 0 Å². The fourth-order valence-electron chi connectivity index (χ4n) is 1.47. The first-order valence-electron chi connectivity index (χ1n) is 6.11. The lowest BCUT2D eigenvalue weighted by molar-refractivity contribution is -0.118. The maximum Gasteiger partial charge on any atom is 0.230 e. The third-order valence-corrected chi connectivity index (χ3v) is 3.22. The van der Waals surface area contributed by atoms with Crippen LogP contribution >= 0.6 is 11.8 Å². The minimum absolute atomic E-state index is 0.0664. The lowest BCUT2D eigenvalue weighted by Crippen LogP contribution is -2.24. The van der Waals surface area contributed by atoms with Crippen LogP contribution in [0.1, 0.15) is 24.9 Å². The van der Waals surface area contributed by atoms with Crippen molar-refractivity contribution in [2.75, 3.05) is 5.75 Å². The van der Waals surface area contributed by atoms with Crippen molar-refractivity contribution in [1.29, 1.82) is 0 Å².